The van der Waals surface area contributed by atoms with Gasteiger partial charge in [-0.2, -0.15) is 0 Å². The summed E-state index contributed by atoms with van der Waals surface area (Å²) in [5.41, 5.74) is 0. The Balaban J connectivity index is 3.24. The first-order valence-corrected chi connectivity index (χ1v) is 8.60. The Hall–Kier alpha value is -0.330. The minimum absolute atomic E-state index is 0.226. The number of rotatable bonds is 13. The third-order valence-corrected chi connectivity index (χ3v) is 4.06. The van der Waals surface area contributed by atoms with E-state index in [1.807, 2.05) is 13.8 Å². The van der Waals surface area contributed by atoms with Crippen molar-refractivity contribution in [2.45, 2.75) is 98.3 Å². The Morgan fingerprint density at radius 2 is 1.32 bits per heavy atom. The Morgan fingerprint density at radius 3 is 1.89 bits per heavy atom. The molecule has 0 rings (SSSR count). The molecule has 0 radical (unpaired) electrons. The first-order valence-electron chi connectivity index (χ1n) is 8.60. The second-order valence-electron chi connectivity index (χ2n) is 6.53. The maximum Gasteiger partial charge on any atom is 0.135 e. The van der Waals surface area contributed by atoms with Crippen LogP contribution in [0.1, 0.15) is 98.3 Å². The molecule has 0 heterocycles. The molecule has 19 heavy (non-hydrogen) atoms. The van der Waals surface area contributed by atoms with Crippen molar-refractivity contribution in [1.82, 2.24) is 0 Å². The lowest BCUT2D eigenvalue weighted by molar-refractivity contribution is -0.122. The van der Waals surface area contributed by atoms with Crippen molar-refractivity contribution in [1.29, 1.82) is 0 Å². The van der Waals surface area contributed by atoms with Crippen molar-refractivity contribution in [2.75, 3.05) is 0 Å². The lowest BCUT2D eigenvalue weighted by Crippen LogP contribution is -2.05. The molecule has 0 aliphatic rings. The van der Waals surface area contributed by atoms with Crippen molar-refractivity contribution in [3.8, 4) is 0 Å². The second-order valence-corrected chi connectivity index (χ2v) is 6.53. The van der Waals surface area contributed by atoms with E-state index in [4.69, 9.17) is 0 Å². The van der Waals surface area contributed by atoms with E-state index < -0.39 is 0 Å². The van der Waals surface area contributed by atoms with Gasteiger partial charge in [0.05, 0.1) is 0 Å². The molecule has 0 aromatic carbocycles. The lowest BCUT2D eigenvalue weighted by Gasteiger charge is -2.10. The highest BCUT2D eigenvalue weighted by atomic mass is 16.1. The summed E-state index contributed by atoms with van der Waals surface area (Å²) < 4.78 is 0. The summed E-state index contributed by atoms with van der Waals surface area (Å²) in [5.74, 6) is 1.57. The first kappa shape index (κ1) is 18.7. The Morgan fingerprint density at radius 1 is 0.789 bits per heavy atom. The molecular formula is C18H36O. The molecule has 0 amide bonds. The van der Waals surface area contributed by atoms with Gasteiger partial charge in [-0.3, -0.25) is 4.79 Å². The Labute approximate surface area is 121 Å². The summed E-state index contributed by atoms with van der Waals surface area (Å²) in [4.78, 5) is 11.4. The fourth-order valence-corrected chi connectivity index (χ4v) is 2.50. The van der Waals surface area contributed by atoms with E-state index in [1.54, 1.807) is 0 Å². The molecule has 0 saturated heterocycles. The molecule has 0 saturated carbocycles. The third kappa shape index (κ3) is 12.4. The quantitative estimate of drug-likeness (QED) is 0.366. The molecule has 1 atom stereocenters. The summed E-state index contributed by atoms with van der Waals surface area (Å²) in [6, 6.07) is 0. The molecule has 0 spiro atoms. The second kappa shape index (κ2) is 12.7. The number of carbonyl (C=O) groups excluding carboxylic acids is 1. The summed E-state index contributed by atoms with van der Waals surface area (Å²) in [6.07, 6.45) is 14.1. The van der Waals surface area contributed by atoms with Gasteiger partial charge in [0.1, 0.15) is 5.78 Å². The zero-order valence-corrected chi connectivity index (χ0v) is 13.8. The van der Waals surface area contributed by atoms with Crippen LogP contribution in [0.5, 0.6) is 0 Å². The van der Waals surface area contributed by atoms with Crippen LogP contribution in [-0.4, -0.2) is 5.78 Å². The maximum atomic E-state index is 11.4. The van der Waals surface area contributed by atoms with Gasteiger partial charge in [0, 0.05) is 12.3 Å². The first-order chi connectivity index (χ1) is 9.07. The molecule has 0 aliphatic heterocycles. The van der Waals surface area contributed by atoms with Gasteiger partial charge in [-0.05, 0) is 12.3 Å². The Kier molecular flexibility index (Phi) is 12.5. The fraction of sp³-hybridized carbons (Fsp3) is 0.944. The summed E-state index contributed by atoms with van der Waals surface area (Å²) in [5, 5.41) is 0. The predicted molar refractivity (Wildman–Crippen MR) is 85.5 cm³/mol. The molecule has 0 unspecified atom stereocenters. The zero-order chi connectivity index (χ0) is 14.5. The summed E-state index contributed by atoms with van der Waals surface area (Å²) in [7, 11) is 0. The highest BCUT2D eigenvalue weighted by molar-refractivity contribution is 5.80. The van der Waals surface area contributed by atoms with E-state index in [-0.39, 0.29) is 5.92 Å². The third-order valence-electron chi connectivity index (χ3n) is 4.06. The Bertz CT molecular complexity index is 208. The highest BCUT2D eigenvalue weighted by Gasteiger charge is 2.06. The van der Waals surface area contributed by atoms with Gasteiger partial charge in [0.25, 0.3) is 0 Å². The van der Waals surface area contributed by atoms with E-state index in [2.05, 4.69) is 13.8 Å². The van der Waals surface area contributed by atoms with Crippen molar-refractivity contribution in [3.63, 3.8) is 0 Å². The molecular weight excluding hydrogens is 232 g/mol. The standard InChI is InChI=1S/C18H36O/c1-5-6-10-13-17(4)14-11-8-7-9-12-15-18(19)16(2)3/h16-17H,5-15H2,1-4H3/t17-/m1/s1. The number of ketones is 1. The van der Waals surface area contributed by atoms with Crippen molar-refractivity contribution in [2.24, 2.45) is 11.8 Å². The van der Waals surface area contributed by atoms with Gasteiger partial charge in [-0.25, -0.2) is 0 Å². The normalized spacial score (nSPS) is 12.9. The van der Waals surface area contributed by atoms with Crippen LogP contribution in [0.15, 0.2) is 0 Å². The van der Waals surface area contributed by atoms with E-state index in [0.29, 0.717) is 5.78 Å². The number of hydrogen-bond acceptors (Lipinski definition) is 1. The number of hydrogen-bond donors (Lipinski definition) is 0. The monoisotopic (exact) mass is 268 g/mol. The predicted octanol–water partition coefficient (Wildman–Crippen LogP) is 6.16. The molecule has 114 valence electrons. The van der Waals surface area contributed by atoms with Gasteiger partial charge in [-0.15, -0.1) is 0 Å². The van der Waals surface area contributed by atoms with Crippen LogP contribution in [0.4, 0.5) is 0 Å². The number of Topliss-reactive ketones (excluding diaryl/α,β-unsaturated/α-hetero) is 1. The smallest absolute Gasteiger partial charge is 0.135 e. The van der Waals surface area contributed by atoms with Gasteiger partial charge in [-0.1, -0.05) is 85.5 Å². The zero-order valence-electron chi connectivity index (χ0n) is 13.8. The fourth-order valence-electron chi connectivity index (χ4n) is 2.50. The molecule has 0 fully saturated rings. The molecule has 0 aliphatic carbocycles. The van der Waals surface area contributed by atoms with Crippen molar-refractivity contribution < 1.29 is 4.79 Å². The van der Waals surface area contributed by atoms with Gasteiger partial charge >= 0.3 is 0 Å². The van der Waals surface area contributed by atoms with E-state index in [0.717, 1.165) is 18.8 Å². The summed E-state index contributed by atoms with van der Waals surface area (Å²) in [6.45, 7) is 8.68. The number of carbonyl (C=O) groups is 1. The average molecular weight is 268 g/mol. The van der Waals surface area contributed by atoms with Crippen LogP contribution >= 0.6 is 0 Å². The maximum absolute atomic E-state index is 11.4. The molecule has 0 bridgehead atoms. The molecule has 1 nitrogen and oxygen atoms in total. The summed E-state index contributed by atoms with van der Waals surface area (Å²) >= 11 is 0. The van der Waals surface area contributed by atoms with Gasteiger partial charge in [0.15, 0.2) is 0 Å². The van der Waals surface area contributed by atoms with Gasteiger partial charge < -0.3 is 0 Å². The molecule has 0 aromatic heterocycles. The molecule has 0 aromatic rings. The van der Waals surface area contributed by atoms with E-state index in [9.17, 15) is 4.79 Å². The largest absolute Gasteiger partial charge is 0.299 e. The van der Waals surface area contributed by atoms with Crippen molar-refractivity contribution >= 4 is 5.78 Å². The van der Waals surface area contributed by atoms with Crippen LogP contribution in [0.25, 0.3) is 0 Å². The number of unbranched alkanes of at least 4 members (excludes halogenated alkanes) is 6. The minimum Gasteiger partial charge on any atom is -0.299 e. The molecule has 1 heteroatoms. The van der Waals surface area contributed by atoms with Crippen LogP contribution in [0.3, 0.4) is 0 Å². The van der Waals surface area contributed by atoms with E-state index >= 15 is 0 Å². The van der Waals surface area contributed by atoms with Crippen LogP contribution in [-0.2, 0) is 4.79 Å². The highest BCUT2D eigenvalue weighted by Crippen LogP contribution is 2.17. The van der Waals surface area contributed by atoms with Crippen LogP contribution in [0.2, 0.25) is 0 Å². The van der Waals surface area contributed by atoms with Gasteiger partial charge in [0.2, 0.25) is 0 Å². The van der Waals surface area contributed by atoms with Crippen LogP contribution in [0, 0.1) is 11.8 Å². The van der Waals surface area contributed by atoms with Crippen molar-refractivity contribution in [3.05, 3.63) is 0 Å². The van der Waals surface area contributed by atoms with Crippen LogP contribution < -0.4 is 0 Å². The lowest BCUT2D eigenvalue weighted by atomic mass is 9.96. The molecule has 0 N–H and O–H groups in total. The SMILES string of the molecule is CCCCC[C@@H](C)CCCCCCCC(=O)C(C)C. The minimum atomic E-state index is 0.226. The average Bonchev–Trinajstić information content (AvgIpc) is 2.37. The topological polar surface area (TPSA) is 17.1 Å². The van der Waals surface area contributed by atoms with E-state index in [1.165, 1.54) is 57.8 Å².